The molecule has 6 heteroatoms. The lowest BCUT2D eigenvalue weighted by molar-refractivity contribution is 0.0604. The Morgan fingerprint density at radius 2 is 2.67 bits per heavy atom. The summed E-state index contributed by atoms with van der Waals surface area (Å²) in [5.74, 6) is -0.0331. The molecular formula is C9H12N2O3S. The van der Waals surface area contributed by atoms with Crippen LogP contribution in [0.25, 0.3) is 0 Å². The number of carbonyl (C=O) groups excluding carboxylic acids is 1. The molecule has 0 amide bonds. The molecule has 0 radical (unpaired) electrons. The molecule has 2 rings (SSSR count). The Morgan fingerprint density at radius 1 is 1.80 bits per heavy atom. The fourth-order valence-corrected chi connectivity index (χ4v) is 2.01. The standard InChI is InChI=1S/C9H12N2O3S/c1-13-9-11-7(5-15-9)8(12)6-4-14-3-2-10-6/h5-6,10H,2-4H2,1H3. The van der Waals surface area contributed by atoms with Crippen molar-refractivity contribution >= 4 is 17.1 Å². The normalized spacial score (nSPS) is 21.3. The van der Waals surface area contributed by atoms with Crippen LogP contribution < -0.4 is 10.1 Å². The Balaban J connectivity index is 2.05. The van der Waals surface area contributed by atoms with E-state index in [1.54, 1.807) is 5.38 Å². The topological polar surface area (TPSA) is 60.5 Å². The maximum atomic E-state index is 11.9. The second-order valence-corrected chi connectivity index (χ2v) is 3.97. The Labute approximate surface area is 91.4 Å². The first-order valence-electron chi connectivity index (χ1n) is 4.66. The summed E-state index contributed by atoms with van der Waals surface area (Å²) in [4.78, 5) is 15.9. The van der Waals surface area contributed by atoms with Gasteiger partial charge in [-0.2, -0.15) is 4.98 Å². The highest BCUT2D eigenvalue weighted by atomic mass is 32.1. The molecule has 0 saturated carbocycles. The summed E-state index contributed by atoms with van der Waals surface area (Å²) < 4.78 is 10.2. The molecule has 2 heterocycles. The van der Waals surface area contributed by atoms with E-state index in [0.717, 1.165) is 0 Å². The van der Waals surface area contributed by atoms with Crippen LogP contribution in [-0.2, 0) is 4.74 Å². The van der Waals surface area contributed by atoms with Crippen molar-refractivity contribution in [3.8, 4) is 5.19 Å². The Bertz CT molecular complexity index is 347. The molecule has 5 nitrogen and oxygen atoms in total. The molecule has 1 aromatic rings. The molecule has 82 valence electrons. The van der Waals surface area contributed by atoms with Crippen molar-refractivity contribution in [2.24, 2.45) is 0 Å². The van der Waals surface area contributed by atoms with Crippen molar-refractivity contribution in [1.82, 2.24) is 10.3 Å². The quantitative estimate of drug-likeness (QED) is 0.755. The number of morpholine rings is 1. The highest BCUT2D eigenvalue weighted by Gasteiger charge is 2.24. The monoisotopic (exact) mass is 228 g/mol. The van der Waals surface area contributed by atoms with Gasteiger partial charge in [0.1, 0.15) is 5.69 Å². The molecule has 1 atom stereocenters. The van der Waals surface area contributed by atoms with Crippen LogP contribution in [0.2, 0.25) is 0 Å². The van der Waals surface area contributed by atoms with Crippen LogP contribution in [0.1, 0.15) is 10.5 Å². The molecule has 0 bridgehead atoms. The van der Waals surface area contributed by atoms with Crippen LogP contribution in [0.4, 0.5) is 0 Å². The van der Waals surface area contributed by atoms with Crippen molar-refractivity contribution in [2.75, 3.05) is 26.9 Å². The van der Waals surface area contributed by atoms with Crippen LogP contribution in [0, 0.1) is 0 Å². The van der Waals surface area contributed by atoms with E-state index in [1.165, 1.54) is 18.4 Å². The molecule has 1 N–H and O–H groups in total. The Hall–Kier alpha value is -0.980. The number of methoxy groups -OCH3 is 1. The highest BCUT2D eigenvalue weighted by molar-refractivity contribution is 7.11. The maximum Gasteiger partial charge on any atom is 0.273 e. The van der Waals surface area contributed by atoms with Gasteiger partial charge in [-0.15, -0.1) is 0 Å². The van der Waals surface area contributed by atoms with Gasteiger partial charge in [-0.25, -0.2) is 0 Å². The lowest BCUT2D eigenvalue weighted by atomic mass is 10.1. The summed E-state index contributed by atoms with van der Waals surface area (Å²) in [5.41, 5.74) is 0.444. The lowest BCUT2D eigenvalue weighted by Gasteiger charge is -2.21. The lowest BCUT2D eigenvalue weighted by Crippen LogP contribution is -2.46. The smallest absolute Gasteiger partial charge is 0.273 e. The van der Waals surface area contributed by atoms with Crippen LogP contribution in [-0.4, -0.2) is 43.7 Å². The predicted octanol–water partition coefficient (Wildman–Crippen LogP) is 0.323. The van der Waals surface area contributed by atoms with Crippen LogP contribution in [0.5, 0.6) is 5.19 Å². The number of carbonyl (C=O) groups is 1. The van der Waals surface area contributed by atoms with Crippen molar-refractivity contribution in [3.05, 3.63) is 11.1 Å². The SMILES string of the molecule is COc1nc(C(=O)C2COCCN2)cs1. The van der Waals surface area contributed by atoms with Crippen LogP contribution in [0.3, 0.4) is 0 Å². The zero-order chi connectivity index (χ0) is 10.7. The van der Waals surface area contributed by atoms with Gasteiger partial charge in [-0.3, -0.25) is 4.79 Å². The summed E-state index contributed by atoms with van der Waals surface area (Å²) in [7, 11) is 1.54. The summed E-state index contributed by atoms with van der Waals surface area (Å²) in [5, 5.41) is 5.31. The van der Waals surface area contributed by atoms with E-state index < -0.39 is 0 Å². The Morgan fingerprint density at radius 3 is 3.27 bits per heavy atom. The summed E-state index contributed by atoms with van der Waals surface area (Å²) in [6.07, 6.45) is 0. The number of rotatable bonds is 3. The number of aromatic nitrogens is 1. The number of ether oxygens (including phenoxy) is 2. The van der Waals surface area contributed by atoms with Gasteiger partial charge in [0.15, 0.2) is 0 Å². The van der Waals surface area contributed by atoms with Crippen LogP contribution >= 0.6 is 11.3 Å². The van der Waals surface area contributed by atoms with E-state index in [0.29, 0.717) is 30.6 Å². The summed E-state index contributed by atoms with van der Waals surface area (Å²) >= 11 is 1.32. The van der Waals surface area contributed by atoms with Gasteiger partial charge in [0.05, 0.1) is 26.4 Å². The second kappa shape index (κ2) is 4.69. The number of ketones is 1. The zero-order valence-electron chi connectivity index (χ0n) is 8.36. The third kappa shape index (κ3) is 2.34. The van der Waals surface area contributed by atoms with Crippen LogP contribution in [0.15, 0.2) is 5.38 Å². The molecule has 1 fully saturated rings. The summed E-state index contributed by atoms with van der Waals surface area (Å²) in [6, 6.07) is -0.273. The molecule has 0 aromatic carbocycles. The number of hydrogen-bond donors (Lipinski definition) is 1. The Kier molecular flexibility index (Phi) is 3.30. The van der Waals surface area contributed by atoms with Crippen molar-refractivity contribution in [1.29, 1.82) is 0 Å². The van der Waals surface area contributed by atoms with E-state index >= 15 is 0 Å². The number of thiazole rings is 1. The third-order valence-corrected chi connectivity index (χ3v) is 2.95. The number of Topliss-reactive ketones (excluding diaryl/α,β-unsaturated/α-hetero) is 1. The van der Waals surface area contributed by atoms with Gasteiger partial charge >= 0.3 is 0 Å². The molecule has 15 heavy (non-hydrogen) atoms. The molecular weight excluding hydrogens is 216 g/mol. The predicted molar refractivity (Wildman–Crippen MR) is 55.6 cm³/mol. The van der Waals surface area contributed by atoms with Crippen molar-refractivity contribution < 1.29 is 14.3 Å². The summed E-state index contributed by atoms with van der Waals surface area (Å²) in [6.45, 7) is 1.78. The van der Waals surface area contributed by atoms with Gasteiger partial charge in [0.2, 0.25) is 5.78 Å². The first-order valence-corrected chi connectivity index (χ1v) is 5.54. The van der Waals surface area contributed by atoms with Gasteiger partial charge in [0.25, 0.3) is 5.19 Å². The van der Waals surface area contributed by atoms with E-state index in [9.17, 15) is 4.79 Å². The van der Waals surface area contributed by atoms with E-state index in [2.05, 4.69) is 10.3 Å². The number of hydrogen-bond acceptors (Lipinski definition) is 6. The molecule has 0 aliphatic carbocycles. The number of nitrogens with one attached hydrogen (secondary N) is 1. The van der Waals surface area contributed by atoms with Gasteiger partial charge in [0, 0.05) is 11.9 Å². The molecule has 1 aromatic heterocycles. The molecule has 1 aliphatic heterocycles. The van der Waals surface area contributed by atoms with Gasteiger partial charge in [-0.1, -0.05) is 11.3 Å². The molecule has 1 unspecified atom stereocenters. The third-order valence-electron chi connectivity index (χ3n) is 2.15. The largest absolute Gasteiger partial charge is 0.473 e. The maximum absolute atomic E-state index is 11.9. The average molecular weight is 228 g/mol. The molecule has 0 spiro atoms. The molecule has 1 saturated heterocycles. The van der Waals surface area contributed by atoms with Crippen molar-refractivity contribution in [3.63, 3.8) is 0 Å². The average Bonchev–Trinajstić information content (AvgIpc) is 2.78. The fourth-order valence-electron chi connectivity index (χ4n) is 1.38. The van der Waals surface area contributed by atoms with E-state index in [1.807, 2.05) is 0 Å². The zero-order valence-corrected chi connectivity index (χ0v) is 9.17. The highest BCUT2D eigenvalue weighted by Crippen LogP contribution is 2.18. The minimum absolute atomic E-state index is 0.0331. The minimum atomic E-state index is -0.273. The van der Waals surface area contributed by atoms with E-state index in [4.69, 9.17) is 9.47 Å². The van der Waals surface area contributed by atoms with Gasteiger partial charge < -0.3 is 14.8 Å². The first-order chi connectivity index (χ1) is 7.31. The number of nitrogens with zero attached hydrogens (tertiary/aromatic N) is 1. The fraction of sp³-hybridized carbons (Fsp3) is 0.556. The van der Waals surface area contributed by atoms with Crippen molar-refractivity contribution in [2.45, 2.75) is 6.04 Å². The minimum Gasteiger partial charge on any atom is -0.473 e. The second-order valence-electron chi connectivity index (χ2n) is 3.15. The van der Waals surface area contributed by atoms with E-state index in [-0.39, 0.29) is 11.8 Å². The first kappa shape index (κ1) is 10.5. The molecule has 1 aliphatic rings. The van der Waals surface area contributed by atoms with Gasteiger partial charge in [-0.05, 0) is 0 Å².